The maximum atomic E-state index is 11.3. The number of likely N-dealkylation sites (N-methyl/N-ethyl adjacent to an activating group) is 1. The molecule has 80 valence electrons. The van der Waals surface area contributed by atoms with E-state index >= 15 is 0 Å². The lowest BCUT2D eigenvalue weighted by Gasteiger charge is -2.39. The molecule has 0 aromatic carbocycles. The number of hydrogen-bond acceptors (Lipinski definition) is 3. The molecule has 0 N–H and O–H groups in total. The van der Waals surface area contributed by atoms with Gasteiger partial charge < -0.3 is 4.90 Å². The summed E-state index contributed by atoms with van der Waals surface area (Å²) in [4.78, 5) is 16.2. The highest BCUT2D eigenvalue weighted by Crippen LogP contribution is 2.21. The molecule has 2 rings (SSSR count). The van der Waals surface area contributed by atoms with Crippen molar-refractivity contribution in [3.8, 4) is 0 Å². The summed E-state index contributed by atoms with van der Waals surface area (Å²) in [6, 6.07) is 0.560. The smallest absolute Gasteiger partial charge is 0.134 e. The number of carbonyl (C=O) groups is 1. The van der Waals surface area contributed by atoms with Crippen molar-refractivity contribution >= 4 is 5.78 Å². The Labute approximate surface area is 86.1 Å². The zero-order valence-corrected chi connectivity index (χ0v) is 9.04. The first kappa shape index (κ1) is 10.1. The molecule has 1 aliphatic carbocycles. The largest absolute Gasteiger partial charge is 0.304 e. The summed E-state index contributed by atoms with van der Waals surface area (Å²) in [6.07, 6.45) is 3.97. The maximum Gasteiger partial charge on any atom is 0.134 e. The Balaban J connectivity index is 1.85. The van der Waals surface area contributed by atoms with Crippen LogP contribution in [0.1, 0.15) is 25.7 Å². The standard InChI is InChI=1S/C11H20N2O/c1-12-5-7-13(8-6-12)10-3-2-4-11(14)9-10/h10H,2-9H2,1H3. The van der Waals surface area contributed by atoms with E-state index in [0.29, 0.717) is 11.8 Å². The highest BCUT2D eigenvalue weighted by atomic mass is 16.1. The zero-order valence-electron chi connectivity index (χ0n) is 9.04. The Bertz CT molecular complexity index is 209. The molecule has 1 atom stereocenters. The van der Waals surface area contributed by atoms with Crippen LogP contribution in [0.25, 0.3) is 0 Å². The van der Waals surface area contributed by atoms with E-state index in [1.54, 1.807) is 0 Å². The molecule has 0 aromatic heterocycles. The van der Waals surface area contributed by atoms with Crippen molar-refractivity contribution in [1.82, 2.24) is 9.80 Å². The molecule has 1 saturated heterocycles. The summed E-state index contributed by atoms with van der Waals surface area (Å²) in [6.45, 7) is 4.61. The Morgan fingerprint density at radius 2 is 1.93 bits per heavy atom. The van der Waals surface area contributed by atoms with Crippen LogP contribution < -0.4 is 0 Å². The van der Waals surface area contributed by atoms with Gasteiger partial charge in [0.2, 0.25) is 0 Å². The molecule has 0 aromatic rings. The molecule has 1 heterocycles. The minimum Gasteiger partial charge on any atom is -0.304 e. The minimum absolute atomic E-state index is 0.472. The van der Waals surface area contributed by atoms with Gasteiger partial charge in [-0.1, -0.05) is 0 Å². The van der Waals surface area contributed by atoms with Gasteiger partial charge in [-0.2, -0.15) is 0 Å². The van der Waals surface area contributed by atoms with Crippen LogP contribution in [0.2, 0.25) is 0 Å². The first-order valence-corrected chi connectivity index (χ1v) is 5.70. The SMILES string of the molecule is CN1CCN(C2CCCC(=O)C2)CC1. The van der Waals surface area contributed by atoms with Crippen LogP contribution in [0, 0.1) is 0 Å². The highest BCUT2D eigenvalue weighted by Gasteiger charge is 2.26. The number of carbonyl (C=O) groups excluding carboxylic acids is 1. The van der Waals surface area contributed by atoms with Gasteiger partial charge in [-0.15, -0.1) is 0 Å². The number of nitrogens with zero attached hydrogens (tertiary/aromatic N) is 2. The second-order valence-electron chi connectivity index (χ2n) is 4.63. The van der Waals surface area contributed by atoms with Crippen molar-refractivity contribution in [2.24, 2.45) is 0 Å². The average molecular weight is 196 g/mol. The van der Waals surface area contributed by atoms with Crippen molar-refractivity contribution in [2.45, 2.75) is 31.7 Å². The molecule has 0 spiro atoms. The zero-order chi connectivity index (χ0) is 9.97. The summed E-state index contributed by atoms with van der Waals surface area (Å²) >= 11 is 0. The third kappa shape index (κ3) is 2.34. The predicted octanol–water partition coefficient (Wildman–Crippen LogP) is 0.745. The summed E-state index contributed by atoms with van der Waals surface area (Å²) < 4.78 is 0. The fourth-order valence-electron chi connectivity index (χ4n) is 2.50. The molecular weight excluding hydrogens is 176 g/mol. The van der Waals surface area contributed by atoms with Gasteiger partial charge in [0.05, 0.1) is 0 Å². The molecule has 1 saturated carbocycles. The van der Waals surface area contributed by atoms with Gasteiger partial charge >= 0.3 is 0 Å². The minimum atomic E-state index is 0.472. The number of rotatable bonds is 1. The predicted molar refractivity (Wildman–Crippen MR) is 56.3 cm³/mol. The van der Waals surface area contributed by atoms with Crippen molar-refractivity contribution in [2.75, 3.05) is 33.2 Å². The van der Waals surface area contributed by atoms with E-state index in [4.69, 9.17) is 0 Å². The molecule has 1 aliphatic heterocycles. The van der Waals surface area contributed by atoms with Crippen molar-refractivity contribution < 1.29 is 4.79 Å². The molecule has 2 fully saturated rings. The second-order valence-corrected chi connectivity index (χ2v) is 4.63. The third-order valence-corrected chi connectivity index (χ3v) is 3.51. The van der Waals surface area contributed by atoms with E-state index in [1.165, 1.54) is 6.42 Å². The molecular formula is C11H20N2O. The van der Waals surface area contributed by atoms with E-state index in [0.717, 1.165) is 45.4 Å². The van der Waals surface area contributed by atoms with Crippen LogP contribution in [-0.4, -0.2) is 54.9 Å². The van der Waals surface area contributed by atoms with Crippen LogP contribution >= 0.6 is 0 Å². The fourth-order valence-corrected chi connectivity index (χ4v) is 2.50. The molecule has 0 amide bonds. The number of piperazine rings is 1. The molecule has 2 aliphatic rings. The van der Waals surface area contributed by atoms with E-state index in [9.17, 15) is 4.79 Å². The van der Waals surface area contributed by atoms with Crippen LogP contribution in [0.5, 0.6) is 0 Å². The average Bonchev–Trinajstić information content (AvgIpc) is 2.19. The number of ketones is 1. The third-order valence-electron chi connectivity index (χ3n) is 3.51. The molecule has 0 radical (unpaired) electrons. The lowest BCUT2D eigenvalue weighted by Crippen LogP contribution is -2.50. The first-order valence-electron chi connectivity index (χ1n) is 5.70. The quantitative estimate of drug-likeness (QED) is 0.618. The Morgan fingerprint density at radius 3 is 2.57 bits per heavy atom. The van der Waals surface area contributed by atoms with Crippen LogP contribution in [0.15, 0.2) is 0 Å². The van der Waals surface area contributed by atoms with Gasteiger partial charge in [0.1, 0.15) is 5.78 Å². The normalized spacial score (nSPS) is 32.1. The van der Waals surface area contributed by atoms with Gasteiger partial charge in [-0.25, -0.2) is 0 Å². The number of hydrogen-bond donors (Lipinski definition) is 0. The summed E-state index contributed by atoms with van der Waals surface area (Å²) in [5.41, 5.74) is 0. The van der Waals surface area contributed by atoms with Gasteiger partial charge in [-0.05, 0) is 19.9 Å². The lowest BCUT2D eigenvalue weighted by atomic mass is 9.93. The Morgan fingerprint density at radius 1 is 1.21 bits per heavy atom. The van der Waals surface area contributed by atoms with Crippen LogP contribution in [0.4, 0.5) is 0 Å². The first-order chi connectivity index (χ1) is 6.75. The van der Waals surface area contributed by atoms with E-state index < -0.39 is 0 Å². The molecule has 1 unspecified atom stereocenters. The molecule has 3 heteroatoms. The van der Waals surface area contributed by atoms with Gasteiger partial charge in [0.15, 0.2) is 0 Å². The maximum absolute atomic E-state index is 11.3. The molecule has 3 nitrogen and oxygen atoms in total. The summed E-state index contributed by atoms with van der Waals surface area (Å²) in [7, 11) is 2.17. The molecule has 0 bridgehead atoms. The monoisotopic (exact) mass is 196 g/mol. The fraction of sp³-hybridized carbons (Fsp3) is 0.909. The van der Waals surface area contributed by atoms with Gasteiger partial charge in [0.25, 0.3) is 0 Å². The second kappa shape index (κ2) is 4.41. The van der Waals surface area contributed by atoms with Gasteiger partial charge in [-0.3, -0.25) is 9.69 Å². The highest BCUT2D eigenvalue weighted by molar-refractivity contribution is 5.79. The Hall–Kier alpha value is -0.410. The van der Waals surface area contributed by atoms with E-state index in [-0.39, 0.29) is 0 Å². The summed E-state index contributed by atoms with van der Waals surface area (Å²) in [5.74, 6) is 0.472. The lowest BCUT2D eigenvalue weighted by molar-refractivity contribution is -0.122. The van der Waals surface area contributed by atoms with E-state index in [1.807, 2.05) is 0 Å². The number of Topliss-reactive ketones (excluding diaryl/α,β-unsaturated/α-hetero) is 1. The van der Waals surface area contributed by atoms with Crippen LogP contribution in [-0.2, 0) is 4.79 Å². The Kier molecular flexibility index (Phi) is 3.19. The van der Waals surface area contributed by atoms with E-state index in [2.05, 4.69) is 16.8 Å². The van der Waals surface area contributed by atoms with Crippen molar-refractivity contribution in [3.05, 3.63) is 0 Å². The van der Waals surface area contributed by atoms with Crippen LogP contribution in [0.3, 0.4) is 0 Å². The van der Waals surface area contributed by atoms with Crippen molar-refractivity contribution in [3.63, 3.8) is 0 Å². The topological polar surface area (TPSA) is 23.6 Å². The van der Waals surface area contributed by atoms with Gasteiger partial charge in [0, 0.05) is 45.1 Å². The summed E-state index contributed by atoms with van der Waals surface area (Å²) in [5, 5.41) is 0. The van der Waals surface area contributed by atoms with Crippen molar-refractivity contribution in [1.29, 1.82) is 0 Å². The molecule has 14 heavy (non-hydrogen) atoms.